The van der Waals surface area contributed by atoms with Crippen LogP contribution in [0.3, 0.4) is 0 Å². The molecule has 100 valence electrons. The Balaban J connectivity index is 1.82. The van der Waals surface area contributed by atoms with Gasteiger partial charge in [0, 0.05) is 33.2 Å². The normalized spacial score (nSPS) is 20.4. The number of aliphatic imine (C=N–C) groups is 1. The molecule has 5 heteroatoms. The lowest BCUT2D eigenvalue weighted by Crippen LogP contribution is -2.39. The first-order chi connectivity index (χ1) is 8.83. The molecule has 0 spiro atoms. The fourth-order valence-corrected chi connectivity index (χ4v) is 2.31. The maximum absolute atomic E-state index is 5.29. The summed E-state index contributed by atoms with van der Waals surface area (Å²) < 4.78 is 10.5. The van der Waals surface area contributed by atoms with Gasteiger partial charge in [-0.05, 0) is 18.6 Å². The van der Waals surface area contributed by atoms with E-state index in [0.717, 1.165) is 37.8 Å². The molecule has 2 rings (SSSR count). The highest BCUT2D eigenvalue weighted by Crippen LogP contribution is 2.16. The third kappa shape index (κ3) is 3.26. The standard InChI is InChI=1S/C13H21N3O2/c1-14-13(15-8-12-4-3-7-18-12)16-6-5-11(9-16)10-17-2/h3-4,7,11H,5-6,8-10H2,1-2H3,(H,14,15). The summed E-state index contributed by atoms with van der Waals surface area (Å²) in [5.41, 5.74) is 0. The number of hydrogen-bond acceptors (Lipinski definition) is 3. The van der Waals surface area contributed by atoms with Crippen molar-refractivity contribution >= 4 is 5.96 Å². The fraction of sp³-hybridized carbons (Fsp3) is 0.615. The average Bonchev–Trinajstić information content (AvgIpc) is 3.02. The summed E-state index contributed by atoms with van der Waals surface area (Å²) >= 11 is 0. The van der Waals surface area contributed by atoms with E-state index in [0.29, 0.717) is 12.5 Å². The van der Waals surface area contributed by atoms with Gasteiger partial charge >= 0.3 is 0 Å². The van der Waals surface area contributed by atoms with Crippen LogP contribution in [0, 0.1) is 5.92 Å². The van der Waals surface area contributed by atoms with E-state index in [2.05, 4.69) is 15.2 Å². The molecule has 1 fully saturated rings. The molecule has 2 heterocycles. The summed E-state index contributed by atoms with van der Waals surface area (Å²) in [6, 6.07) is 3.85. The molecule has 1 aromatic rings. The summed E-state index contributed by atoms with van der Waals surface area (Å²) in [5, 5.41) is 3.32. The van der Waals surface area contributed by atoms with Gasteiger partial charge in [0.2, 0.25) is 0 Å². The first kappa shape index (κ1) is 13.0. The van der Waals surface area contributed by atoms with E-state index in [1.807, 2.05) is 19.2 Å². The van der Waals surface area contributed by atoms with Gasteiger partial charge in [0.1, 0.15) is 5.76 Å². The van der Waals surface area contributed by atoms with Crippen LogP contribution in [0.25, 0.3) is 0 Å². The summed E-state index contributed by atoms with van der Waals surface area (Å²) in [6.45, 7) is 3.54. The Bertz CT molecular complexity index is 376. The van der Waals surface area contributed by atoms with Gasteiger partial charge in [-0.15, -0.1) is 0 Å². The van der Waals surface area contributed by atoms with E-state index >= 15 is 0 Å². The highest BCUT2D eigenvalue weighted by Gasteiger charge is 2.24. The Hall–Kier alpha value is -1.49. The predicted molar refractivity (Wildman–Crippen MR) is 70.5 cm³/mol. The zero-order chi connectivity index (χ0) is 12.8. The first-order valence-electron chi connectivity index (χ1n) is 6.30. The molecule has 0 aliphatic carbocycles. The third-order valence-electron chi connectivity index (χ3n) is 3.20. The maximum atomic E-state index is 5.29. The van der Waals surface area contributed by atoms with E-state index in [1.165, 1.54) is 0 Å². The summed E-state index contributed by atoms with van der Waals surface area (Å²) in [7, 11) is 3.57. The quantitative estimate of drug-likeness (QED) is 0.648. The number of nitrogens with zero attached hydrogens (tertiary/aromatic N) is 2. The summed E-state index contributed by atoms with van der Waals surface area (Å²) in [5.74, 6) is 2.46. The van der Waals surface area contributed by atoms with Gasteiger partial charge in [-0.25, -0.2) is 0 Å². The molecule has 1 aliphatic heterocycles. The largest absolute Gasteiger partial charge is 0.467 e. The number of nitrogens with one attached hydrogen (secondary N) is 1. The topological polar surface area (TPSA) is 50.0 Å². The van der Waals surface area contributed by atoms with Crippen molar-refractivity contribution in [1.29, 1.82) is 0 Å². The molecular weight excluding hydrogens is 230 g/mol. The minimum Gasteiger partial charge on any atom is -0.467 e. The van der Waals surface area contributed by atoms with E-state index in [1.54, 1.807) is 13.4 Å². The van der Waals surface area contributed by atoms with E-state index in [4.69, 9.17) is 9.15 Å². The van der Waals surface area contributed by atoms with Crippen molar-refractivity contribution < 1.29 is 9.15 Å². The smallest absolute Gasteiger partial charge is 0.194 e. The van der Waals surface area contributed by atoms with Gasteiger partial charge in [0.15, 0.2) is 5.96 Å². The zero-order valence-corrected chi connectivity index (χ0v) is 11.1. The van der Waals surface area contributed by atoms with Gasteiger partial charge in [0.25, 0.3) is 0 Å². The minimum atomic E-state index is 0.608. The molecule has 1 aliphatic rings. The molecule has 1 aromatic heterocycles. The van der Waals surface area contributed by atoms with Crippen LogP contribution in [0.1, 0.15) is 12.2 Å². The first-order valence-corrected chi connectivity index (χ1v) is 6.30. The van der Waals surface area contributed by atoms with Crippen LogP contribution < -0.4 is 5.32 Å². The van der Waals surface area contributed by atoms with Crippen molar-refractivity contribution in [3.63, 3.8) is 0 Å². The molecule has 1 atom stereocenters. The average molecular weight is 251 g/mol. The van der Waals surface area contributed by atoms with Gasteiger partial charge in [-0.3, -0.25) is 4.99 Å². The van der Waals surface area contributed by atoms with Crippen LogP contribution in [0.4, 0.5) is 0 Å². The highest BCUT2D eigenvalue weighted by atomic mass is 16.5. The molecule has 1 saturated heterocycles. The fourth-order valence-electron chi connectivity index (χ4n) is 2.31. The molecule has 0 saturated carbocycles. The van der Waals surface area contributed by atoms with Crippen molar-refractivity contribution in [1.82, 2.24) is 10.2 Å². The molecular formula is C13H21N3O2. The second-order valence-electron chi connectivity index (χ2n) is 4.54. The second-order valence-corrected chi connectivity index (χ2v) is 4.54. The lowest BCUT2D eigenvalue weighted by molar-refractivity contribution is 0.157. The predicted octanol–water partition coefficient (Wildman–Crippen LogP) is 1.32. The van der Waals surface area contributed by atoms with Crippen molar-refractivity contribution in [2.75, 3.05) is 33.9 Å². The number of rotatable bonds is 4. The molecule has 1 N–H and O–H groups in total. The van der Waals surface area contributed by atoms with Gasteiger partial charge in [-0.1, -0.05) is 0 Å². The number of furan rings is 1. The number of guanidine groups is 1. The second kappa shape index (κ2) is 6.44. The molecule has 1 unspecified atom stereocenters. The Morgan fingerprint density at radius 2 is 2.56 bits per heavy atom. The highest BCUT2D eigenvalue weighted by molar-refractivity contribution is 5.80. The van der Waals surface area contributed by atoms with Crippen molar-refractivity contribution in [3.8, 4) is 0 Å². The van der Waals surface area contributed by atoms with Crippen LogP contribution >= 0.6 is 0 Å². The Morgan fingerprint density at radius 3 is 3.22 bits per heavy atom. The minimum absolute atomic E-state index is 0.608. The van der Waals surface area contributed by atoms with Gasteiger partial charge in [0.05, 0.1) is 19.4 Å². The monoisotopic (exact) mass is 251 g/mol. The zero-order valence-electron chi connectivity index (χ0n) is 11.1. The van der Waals surface area contributed by atoms with Gasteiger partial charge in [-0.2, -0.15) is 0 Å². The molecule has 5 nitrogen and oxygen atoms in total. The summed E-state index contributed by atoms with van der Waals surface area (Å²) in [4.78, 5) is 6.58. The molecule has 0 amide bonds. The Kier molecular flexibility index (Phi) is 4.64. The molecule has 18 heavy (non-hydrogen) atoms. The summed E-state index contributed by atoms with van der Waals surface area (Å²) in [6.07, 6.45) is 2.85. The van der Waals surface area contributed by atoms with Crippen molar-refractivity contribution in [3.05, 3.63) is 24.2 Å². The number of methoxy groups -OCH3 is 1. The molecule has 0 aromatic carbocycles. The van der Waals surface area contributed by atoms with E-state index in [9.17, 15) is 0 Å². The maximum Gasteiger partial charge on any atom is 0.194 e. The van der Waals surface area contributed by atoms with Crippen molar-refractivity contribution in [2.45, 2.75) is 13.0 Å². The number of ether oxygens (including phenoxy) is 1. The lowest BCUT2D eigenvalue weighted by atomic mass is 10.1. The van der Waals surface area contributed by atoms with E-state index in [-0.39, 0.29) is 0 Å². The van der Waals surface area contributed by atoms with Crippen LogP contribution in [0.5, 0.6) is 0 Å². The molecule has 0 radical (unpaired) electrons. The van der Waals surface area contributed by atoms with Crippen LogP contribution in [0.15, 0.2) is 27.8 Å². The van der Waals surface area contributed by atoms with Gasteiger partial charge < -0.3 is 19.4 Å². The van der Waals surface area contributed by atoms with Crippen LogP contribution in [-0.4, -0.2) is 44.7 Å². The Labute approximate surface area is 108 Å². The number of likely N-dealkylation sites (tertiary alicyclic amines) is 1. The SMILES string of the molecule is CN=C(NCc1ccco1)N1CCC(COC)C1. The lowest BCUT2D eigenvalue weighted by Gasteiger charge is -2.21. The Morgan fingerprint density at radius 1 is 1.67 bits per heavy atom. The van der Waals surface area contributed by atoms with Crippen LogP contribution in [0.2, 0.25) is 0 Å². The van der Waals surface area contributed by atoms with E-state index < -0.39 is 0 Å². The molecule has 0 bridgehead atoms. The number of hydrogen-bond donors (Lipinski definition) is 1. The van der Waals surface area contributed by atoms with Crippen LogP contribution in [-0.2, 0) is 11.3 Å². The van der Waals surface area contributed by atoms with Crippen molar-refractivity contribution in [2.24, 2.45) is 10.9 Å². The third-order valence-corrected chi connectivity index (χ3v) is 3.20.